The van der Waals surface area contributed by atoms with Crippen molar-refractivity contribution in [3.05, 3.63) is 57.5 Å². The third-order valence-electron chi connectivity index (χ3n) is 3.17. The van der Waals surface area contributed by atoms with E-state index in [0.717, 1.165) is 10.9 Å². The lowest BCUT2D eigenvalue weighted by Gasteiger charge is -2.19. The molecule has 1 heterocycles. The maximum Gasteiger partial charge on any atom is 0.419 e. The molecule has 1 unspecified atom stereocenters. The van der Waals surface area contributed by atoms with E-state index < -0.39 is 23.6 Å². The number of aryl methyl sites for hydroxylation is 1. The Bertz CT molecular complexity index is 581. The van der Waals surface area contributed by atoms with Gasteiger partial charge in [0.25, 0.3) is 0 Å². The molecule has 2 rings (SSSR count). The minimum Gasteiger partial charge on any atom is -0.271 e. The van der Waals surface area contributed by atoms with Gasteiger partial charge >= 0.3 is 6.18 Å². The van der Waals surface area contributed by atoms with Crippen LogP contribution < -0.4 is 11.3 Å². The van der Waals surface area contributed by atoms with Crippen LogP contribution >= 0.6 is 11.3 Å². The summed E-state index contributed by atoms with van der Waals surface area (Å²) in [7, 11) is 0. The van der Waals surface area contributed by atoms with Crippen molar-refractivity contribution in [3.63, 3.8) is 0 Å². The molecule has 3 N–H and O–H groups in total. The summed E-state index contributed by atoms with van der Waals surface area (Å²) in [6, 6.07) is 6.37. The van der Waals surface area contributed by atoms with Gasteiger partial charge in [-0.05, 0) is 30.4 Å². The topological polar surface area (TPSA) is 38.0 Å². The molecule has 0 radical (unpaired) electrons. The third-order valence-corrected chi connectivity index (χ3v) is 4.11. The molecule has 0 aliphatic carbocycles. The van der Waals surface area contributed by atoms with Gasteiger partial charge in [-0.25, -0.2) is 4.39 Å². The van der Waals surface area contributed by atoms with Crippen LogP contribution in [0, 0.1) is 5.82 Å². The number of rotatable bonds is 5. The maximum absolute atomic E-state index is 14.1. The van der Waals surface area contributed by atoms with Crippen molar-refractivity contribution >= 4 is 11.3 Å². The number of alkyl halides is 3. The zero-order chi connectivity index (χ0) is 15.5. The fourth-order valence-corrected chi connectivity index (χ4v) is 2.83. The summed E-state index contributed by atoms with van der Waals surface area (Å²) in [4.78, 5) is 1.07. The summed E-state index contributed by atoms with van der Waals surface area (Å²) in [5.74, 6) is 4.11. The first-order chi connectivity index (χ1) is 9.93. The quantitative estimate of drug-likeness (QED) is 0.496. The average Bonchev–Trinajstić information content (AvgIpc) is 2.93. The molecule has 2 aromatic rings. The van der Waals surface area contributed by atoms with Gasteiger partial charge in [-0.3, -0.25) is 11.3 Å². The van der Waals surface area contributed by atoms with Crippen LogP contribution in [0.5, 0.6) is 0 Å². The number of nitrogens with one attached hydrogen (secondary N) is 1. The highest BCUT2D eigenvalue weighted by Crippen LogP contribution is 2.34. The normalized spacial score (nSPS) is 13.4. The van der Waals surface area contributed by atoms with Gasteiger partial charge in [-0.1, -0.05) is 18.2 Å². The van der Waals surface area contributed by atoms with Crippen LogP contribution in [0.2, 0.25) is 0 Å². The molecule has 1 aromatic heterocycles. The Morgan fingerprint density at radius 3 is 2.52 bits per heavy atom. The number of hydrogen-bond acceptors (Lipinski definition) is 3. The van der Waals surface area contributed by atoms with Crippen molar-refractivity contribution in [2.45, 2.75) is 25.1 Å². The Labute approximate surface area is 123 Å². The van der Waals surface area contributed by atoms with Crippen molar-refractivity contribution in [2.75, 3.05) is 0 Å². The molecule has 0 aliphatic rings. The molecule has 0 saturated carbocycles. The smallest absolute Gasteiger partial charge is 0.271 e. The lowest BCUT2D eigenvalue weighted by Crippen LogP contribution is -2.29. The van der Waals surface area contributed by atoms with Gasteiger partial charge in [0.15, 0.2) is 0 Å². The Hall–Kier alpha value is -1.44. The Morgan fingerprint density at radius 2 is 1.95 bits per heavy atom. The van der Waals surface area contributed by atoms with Gasteiger partial charge in [0.2, 0.25) is 0 Å². The molecule has 7 heteroatoms. The van der Waals surface area contributed by atoms with E-state index in [4.69, 9.17) is 5.84 Å². The van der Waals surface area contributed by atoms with Crippen LogP contribution in [0.1, 0.15) is 28.5 Å². The van der Waals surface area contributed by atoms with Gasteiger partial charge in [-0.2, -0.15) is 13.2 Å². The molecule has 0 bridgehead atoms. The van der Waals surface area contributed by atoms with E-state index in [0.29, 0.717) is 12.8 Å². The molecule has 114 valence electrons. The number of benzene rings is 1. The predicted octanol–water partition coefficient (Wildman–Crippen LogP) is 4.04. The summed E-state index contributed by atoms with van der Waals surface area (Å²) in [6.45, 7) is 0. The minimum absolute atomic E-state index is 0.0659. The van der Waals surface area contributed by atoms with Crippen LogP contribution in [0.3, 0.4) is 0 Å². The molecule has 1 atom stereocenters. The fraction of sp³-hybridized carbons (Fsp3) is 0.286. The Balaban J connectivity index is 2.22. The average molecular weight is 318 g/mol. The monoisotopic (exact) mass is 318 g/mol. The van der Waals surface area contributed by atoms with Crippen molar-refractivity contribution < 1.29 is 17.6 Å². The lowest BCUT2D eigenvalue weighted by atomic mass is 9.99. The second-order valence-electron chi connectivity index (χ2n) is 4.54. The first-order valence-electron chi connectivity index (χ1n) is 6.27. The first kappa shape index (κ1) is 15.9. The van der Waals surface area contributed by atoms with Crippen molar-refractivity contribution in [2.24, 2.45) is 5.84 Å². The van der Waals surface area contributed by atoms with Crippen molar-refractivity contribution in [1.82, 2.24) is 5.43 Å². The zero-order valence-corrected chi connectivity index (χ0v) is 11.8. The molecule has 2 nitrogen and oxygen atoms in total. The molecule has 1 aromatic carbocycles. The molecule has 21 heavy (non-hydrogen) atoms. The SMILES string of the molecule is NNC(CCc1cccs1)c1cccc(C(F)(F)F)c1F. The number of halogens is 4. The van der Waals surface area contributed by atoms with Crippen molar-refractivity contribution in [1.29, 1.82) is 0 Å². The van der Waals surface area contributed by atoms with Crippen LogP contribution in [0.25, 0.3) is 0 Å². The Kier molecular flexibility index (Phi) is 4.97. The van der Waals surface area contributed by atoms with E-state index in [1.54, 1.807) is 0 Å². The maximum atomic E-state index is 14.1. The van der Waals surface area contributed by atoms with Crippen molar-refractivity contribution in [3.8, 4) is 0 Å². The minimum atomic E-state index is -4.72. The van der Waals surface area contributed by atoms with E-state index in [1.807, 2.05) is 17.5 Å². The first-order valence-corrected chi connectivity index (χ1v) is 7.15. The molecule has 0 amide bonds. The molecular formula is C14H14F4N2S. The number of nitrogens with two attached hydrogens (primary N) is 1. The van der Waals surface area contributed by atoms with E-state index in [9.17, 15) is 17.6 Å². The largest absolute Gasteiger partial charge is 0.419 e. The fourth-order valence-electron chi connectivity index (χ4n) is 2.11. The lowest BCUT2D eigenvalue weighted by molar-refractivity contribution is -0.140. The number of hydrazine groups is 1. The van der Waals surface area contributed by atoms with E-state index in [1.165, 1.54) is 23.5 Å². The van der Waals surface area contributed by atoms with E-state index in [2.05, 4.69) is 5.43 Å². The van der Waals surface area contributed by atoms with Crippen LogP contribution in [-0.4, -0.2) is 0 Å². The van der Waals surface area contributed by atoms with E-state index >= 15 is 0 Å². The summed E-state index contributed by atoms with van der Waals surface area (Å²) >= 11 is 1.54. The van der Waals surface area contributed by atoms with Gasteiger partial charge < -0.3 is 0 Å². The van der Waals surface area contributed by atoms with Gasteiger partial charge in [0.1, 0.15) is 5.82 Å². The third kappa shape index (κ3) is 3.81. The van der Waals surface area contributed by atoms with Crippen LogP contribution in [0.15, 0.2) is 35.7 Å². The van der Waals surface area contributed by atoms with Gasteiger partial charge in [0, 0.05) is 16.5 Å². The van der Waals surface area contributed by atoms with Crippen LogP contribution in [0.4, 0.5) is 17.6 Å². The molecular weight excluding hydrogens is 304 g/mol. The molecule has 0 aliphatic heterocycles. The van der Waals surface area contributed by atoms with E-state index in [-0.39, 0.29) is 5.56 Å². The number of thiophene rings is 1. The second kappa shape index (κ2) is 6.55. The summed E-state index contributed by atoms with van der Waals surface area (Å²) in [6.07, 6.45) is -3.69. The number of hydrogen-bond donors (Lipinski definition) is 2. The summed E-state index contributed by atoms with van der Waals surface area (Å²) in [5.41, 5.74) is 1.06. The second-order valence-corrected chi connectivity index (χ2v) is 5.58. The molecule has 0 saturated heterocycles. The zero-order valence-electron chi connectivity index (χ0n) is 11.0. The highest BCUT2D eigenvalue weighted by Gasteiger charge is 2.35. The highest BCUT2D eigenvalue weighted by molar-refractivity contribution is 7.09. The Morgan fingerprint density at radius 1 is 1.19 bits per heavy atom. The predicted molar refractivity (Wildman–Crippen MR) is 74.1 cm³/mol. The highest BCUT2D eigenvalue weighted by atomic mass is 32.1. The molecule has 0 fully saturated rings. The van der Waals surface area contributed by atoms with Crippen LogP contribution in [-0.2, 0) is 12.6 Å². The summed E-state index contributed by atoms with van der Waals surface area (Å²) in [5, 5.41) is 1.91. The van der Waals surface area contributed by atoms with Gasteiger partial charge in [-0.15, -0.1) is 11.3 Å². The summed E-state index contributed by atoms with van der Waals surface area (Å²) < 4.78 is 52.2. The van der Waals surface area contributed by atoms with Gasteiger partial charge in [0.05, 0.1) is 5.56 Å². The standard InChI is InChI=1S/C14H14F4N2S/c15-13-10(4-1-5-11(13)14(16,17)18)12(20-19)7-6-9-3-2-8-21-9/h1-5,8,12,20H,6-7,19H2. The molecule has 0 spiro atoms.